The summed E-state index contributed by atoms with van der Waals surface area (Å²) in [5.74, 6) is 2.32. The molecule has 0 unspecified atom stereocenters. The van der Waals surface area contributed by atoms with Crippen LogP contribution in [0.5, 0.6) is 17.5 Å². The molecule has 1 aromatic carbocycles. The van der Waals surface area contributed by atoms with Crippen molar-refractivity contribution in [3.8, 4) is 17.5 Å². The Balaban J connectivity index is 2.27. The molecule has 20 heavy (non-hydrogen) atoms. The number of hydrogen-bond acceptors (Lipinski definition) is 3. The molecule has 0 atom stereocenters. The van der Waals surface area contributed by atoms with Crippen LogP contribution in [0.2, 0.25) is 0 Å². The van der Waals surface area contributed by atoms with Crippen molar-refractivity contribution < 1.29 is 9.47 Å². The van der Waals surface area contributed by atoms with Crippen LogP contribution in [-0.2, 0) is 0 Å². The number of pyridine rings is 1. The first-order chi connectivity index (χ1) is 9.60. The van der Waals surface area contributed by atoms with Gasteiger partial charge in [-0.1, -0.05) is 35.8 Å². The maximum Gasteiger partial charge on any atom is 0.222 e. The van der Waals surface area contributed by atoms with Gasteiger partial charge in [-0.2, -0.15) is 4.98 Å². The van der Waals surface area contributed by atoms with E-state index in [1.165, 1.54) is 0 Å². The van der Waals surface area contributed by atoms with Crippen LogP contribution in [0.3, 0.4) is 0 Å². The Kier molecular flexibility index (Phi) is 5.01. The van der Waals surface area contributed by atoms with Crippen LogP contribution in [0.1, 0.15) is 32.3 Å². The van der Waals surface area contributed by atoms with Crippen molar-refractivity contribution in [1.29, 1.82) is 0 Å². The van der Waals surface area contributed by atoms with E-state index < -0.39 is 0 Å². The Bertz CT molecular complexity index is 584. The standard InChI is InChI=1S/C16H18BrNO2/c1-4-19-15-6-5-7-16(18-15)20-14-9-8-12(17)10-13(14)11(2)3/h5-11H,4H2,1-3H3. The summed E-state index contributed by atoms with van der Waals surface area (Å²) in [5, 5.41) is 0. The van der Waals surface area contributed by atoms with E-state index in [1.807, 2.05) is 37.3 Å². The van der Waals surface area contributed by atoms with Crippen LogP contribution in [0.4, 0.5) is 0 Å². The van der Waals surface area contributed by atoms with Crippen molar-refractivity contribution in [2.75, 3.05) is 6.61 Å². The second-order valence-electron chi connectivity index (χ2n) is 4.69. The molecule has 0 aliphatic heterocycles. The van der Waals surface area contributed by atoms with Gasteiger partial charge >= 0.3 is 0 Å². The fraction of sp³-hybridized carbons (Fsp3) is 0.312. The molecule has 4 heteroatoms. The quantitative estimate of drug-likeness (QED) is 0.756. The van der Waals surface area contributed by atoms with Gasteiger partial charge in [0.15, 0.2) is 0 Å². The molecule has 0 radical (unpaired) electrons. The van der Waals surface area contributed by atoms with E-state index in [-0.39, 0.29) is 0 Å². The number of ether oxygens (including phenoxy) is 2. The number of hydrogen-bond donors (Lipinski definition) is 0. The molecule has 1 aromatic heterocycles. The normalized spacial score (nSPS) is 10.7. The maximum absolute atomic E-state index is 5.90. The summed E-state index contributed by atoms with van der Waals surface area (Å²) in [6.45, 7) is 6.80. The third-order valence-corrected chi connectivity index (χ3v) is 3.29. The highest BCUT2D eigenvalue weighted by molar-refractivity contribution is 9.10. The zero-order valence-corrected chi connectivity index (χ0v) is 13.5. The van der Waals surface area contributed by atoms with Crippen LogP contribution in [0.15, 0.2) is 40.9 Å². The van der Waals surface area contributed by atoms with Crippen LogP contribution in [0, 0.1) is 0 Å². The van der Waals surface area contributed by atoms with Gasteiger partial charge in [0.25, 0.3) is 0 Å². The van der Waals surface area contributed by atoms with Gasteiger partial charge in [0, 0.05) is 16.6 Å². The molecule has 0 fully saturated rings. The summed E-state index contributed by atoms with van der Waals surface area (Å²) in [6, 6.07) is 11.5. The van der Waals surface area contributed by atoms with E-state index in [0.29, 0.717) is 24.3 Å². The van der Waals surface area contributed by atoms with E-state index in [4.69, 9.17) is 9.47 Å². The molecule has 106 valence electrons. The van der Waals surface area contributed by atoms with E-state index in [9.17, 15) is 0 Å². The minimum atomic E-state index is 0.373. The zero-order chi connectivity index (χ0) is 14.5. The van der Waals surface area contributed by atoms with Crippen molar-refractivity contribution in [3.05, 3.63) is 46.4 Å². The number of benzene rings is 1. The van der Waals surface area contributed by atoms with E-state index >= 15 is 0 Å². The Morgan fingerprint density at radius 2 is 1.90 bits per heavy atom. The molecule has 0 saturated carbocycles. The van der Waals surface area contributed by atoms with Crippen molar-refractivity contribution >= 4 is 15.9 Å². The highest BCUT2D eigenvalue weighted by Crippen LogP contribution is 2.32. The summed E-state index contributed by atoms with van der Waals surface area (Å²) >= 11 is 3.49. The monoisotopic (exact) mass is 335 g/mol. The molecule has 3 nitrogen and oxygen atoms in total. The average Bonchev–Trinajstić information content (AvgIpc) is 2.41. The Morgan fingerprint density at radius 3 is 2.60 bits per heavy atom. The highest BCUT2D eigenvalue weighted by atomic mass is 79.9. The number of halogens is 1. The fourth-order valence-electron chi connectivity index (χ4n) is 1.86. The van der Waals surface area contributed by atoms with Crippen molar-refractivity contribution in [3.63, 3.8) is 0 Å². The molecular weight excluding hydrogens is 318 g/mol. The second kappa shape index (κ2) is 6.75. The fourth-order valence-corrected chi connectivity index (χ4v) is 2.24. The summed E-state index contributed by atoms with van der Waals surface area (Å²) < 4.78 is 12.3. The molecule has 0 saturated heterocycles. The second-order valence-corrected chi connectivity index (χ2v) is 5.60. The summed E-state index contributed by atoms with van der Waals surface area (Å²) in [5.41, 5.74) is 1.14. The minimum absolute atomic E-state index is 0.373. The average molecular weight is 336 g/mol. The van der Waals surface area contributed by atoms with Crippen LogP contribution in [-0.4, -0.2) is 11.6 Å². The third-order valence-electron chi connectivity index (χ3n) is 2.80. The van der Waals surface area contributed by atoms with Crippen molar-refractivity contribution in [2.45, 2.75) is 26.7 Å². The zero-order valence-electron chi connectivity index (χ0n) is 11.9. The largest absolute Gasteiger partial charge is 0.478 e. The predicted molar refractivity (Wildman–Crippen MR) is 83.7 cm³/mol. The first-order valence-electron chi connectivity index (χ1n) is 6.67. The molecule has 0 aliphatic rings. The summed E-state index contributed by atoms with van der Waals surface area (Å²) in [4.78, 5) is 4.32. The molecule has 0 amide bonds. The number of rotatable bonds is 5. The van der Waals surface area contributed by atoms with E-state index in [2.05, 4.69) is 40.8 Å². The van der Waals surface area contributed by atoms with Gasteiger partial charge in [0.1, 0.15) is 5.75 Å². The van der Waals surface area contributed by atoms with Gasteiger partial charge in [-0.25, -0.2) is 0 Å². The first-order valence-corrected chi connectivity index (χ1v) is 7.46. The molecule has 0 N–H and O–H groups in total. The molecule has 1 heterocycles. The Labute approximate surface area is 128 Å². The van der Waals surface area contributed by atoms with Gasteiger partial charge in [0.2, 0.25) is 11.8 Å². The predicted octanol–water partition coefficient (Wildman–Crippen LogP) is 5.16. The number of aromatic nitrogens is 1. The Morgan fingerprint density at radius 1 is 1.15 bits per heavy atom. The minimum Gasteiger partial charge on any atom is -0.478 e. The lowest BCUT2D eigenvalue weighted by atomic mass is 10.0. The summed E-state index contributed by atoms with van der Waals surface area (Å²) in [6.07, 6.45) is 0. The molecule has 0 bridgehead atoms. The molecule has 2 aromatic rings. The molecule has 0 spiro atoms. The molecular formula is C16H18BrNO2. The lowest BCUT2D eigenvalue weighted by Gasteiger charge is -2.14. The molecule has 0 aliphatic carbocycles. The lowest BCUT2D eigenvalue weighted by molar-refractivity contribution is 0.320. The van der Waals surface area contributed by atoms with Crippen LogP contribution in [0.25, 0.3) is 0 Å². The van der Waals surface area contributed by atoms with Gasteiger partial charge in [-0.3, -0.25) is 0 Å². The lowest BCUT2D eigenvalue weighted by Crippen LogP contribution is -1.98. The van der Waals surface area contributed by atoms with Crippen molar-refractivity contribution in [2.24, 2.45) is 0 Å². The van der Waals surface area contributed by atoms with Crippen LogP contribution < -0.4 is 9.47 Å². The SMILES string of the molecule is CCOc1cccc(Oc2ccc(Br)cc2C(C)C)n1. The number of nitrogens with zero attached hydrogens (tertiary/aromatic N) is 1. The van der Waals surface area contributed by atoms with E-state index in [0.717, 1.165) is 15.8 Å². The third kappa shape index (κ3) is 3.73. The van der Waals surface area contributed by atoms with Crippen LogP contribution >= 0.6 is 15.9 Å². The van der Waals surface area contributed by atoms with E-state index in [1.54, 1.807) is 0 Å². The smallest absolute Gasteiger partial charge is 0.222 e. The van der Waals surface area contributed by atoms with Gasteiger partial charge in [-0.15, -0.1) is 0 Å². The maximum atomic E-state index is 5.90. The Hall–Kier alpha value is -1.55. The highest BCUT2D eigenvalue weighted by Gasteiger charge is 2.10. The van der Waals surface area contributed by atoms with Gasteiger partial charge in [-0.05, 0) is 36.6 Å². The topological polar surface area (TPSA) is 31.4 Å². The van der Waals surface area contributed by atoms with Gasteiger partial charge in [0.05, 0.1) is 6.61 Å². The first kappa shape index (κ1) is 14.9. The summed E-state index contributed by atoms with van der Waals surface area (Å²) in [7, 11) is 0. The van der Waals surface area contributed by atoms with Crippen molar-refractivity contribution in [1.82, 2.24) is 4.98 Å². The van der Waals surface area contributed by atoms with Gasteiger partial charge < -0.3 is 9.47 Å². The molecule has 2 rings (SSSR count).